The quantitative estimate of drug-likeness (QED) is 0.278. The van der Waals surface area contributed by atoms with Gasteiger partial charge >= 0.3 is 0 Å². The van der Waals surface area contributed by atoms with Gasteiger partial charge in [-0.05, 0) is 72.1 Å². The number of nitrogens with two attached hydrogens (primary N) is 1. The summed E-state index contributed by atoms with van der Waals surface area (Å²) >= 11 is 6.80. The molecule has 1 aromatic heterocycles. The molecule has 1 amide bonds. The minimum atomic E-state index is -0.0375. The van der Waals surface area contributed by atoms with E-state index in [2.05, 4.69) is 28.8 Å². The Kier molecular flexibility index (Phi) is 10.0. The van der Waals surface area contributed by atoms with E-state index < -0.39 is 0 Å². The van der Waals surface area contributed by atoms with Gasteiger partial charge in [0.2, 0.25) is 5.91 Å². The standard InChI is InChI=1S/C32H35ClN6O2/c1-4-12-39(13-5-2)32(41)26-16-27-28(33)17-25(18-29(27)37-30(34)19-26)22-7-8-24(21-40)23(15-22)9-14-38(3)20-31-35-10-6-11-36-31/h6-11,14-18,21H,4-5,12-13,19-20H2,1-3H3,(H2,34,37)/b14-9-. The second-order valence-electron chi connectivity index (χ2n) is 9.99. The third-order valence-electron chi connectivity index (χ3n) is 6.68. The van der Waals surface area contributed by atoms with E-state index in [1.807, 2.05) is 59.5 Å². The number of aliphatic imine (C=N–C) groups is 1. The van der Waals surface area contributed by atoms with E-state index in [1.54, 1.807) is 24.5 Å². The van der Waals surface area contributed by atoms with E-state index in [9.17, 15) is 9.59 Å². The van der Waals surface area contributed by atoms with Gasteiger partial charge in [0.25, 0.3) is 0 Å². The minimum Gasteiger partial charge on any atom is -0.387 e. The Bertz CT molecular complexity index is 1490. The molecular weight excluding hydrogens is 536 g/mol. The number of hydrogen-bond donors (Lipinski definition) is 1. The maximum Gasteiger partial charge on any atom is 0.250 e. The van der Waals surface area contributed by atoms with Crippen LogP contribution in [0.2, 0.25) is 5.02 Å². The molecule has 0 atom stereocenters. The molecule has 0 saturated heterocycles. The first kappa shape index (κ1) is 29.7. The number of benzene rings is 2. The monoisotopic (exact) mass is 570 g/mol. The van der Waals surface area contributed by atoms with E-state index in [0.717, 1.165) is 35.8 Å². The lowest BCUT2D eigenvalue weighted by Crippen LogP contribution is -2.34. The number of rotatable bonds is 11. The molecule has 0 radical (unpaired) electrons. The van der Waals surface area contributed by atoms with Crippen LogP contribution < -0.4 is 5.73 Å². The molecule has 0 aliphatic carbocycles. The van der Waals surface area contributed by atoms with Crippen molar-refractivity contribution in [3.05, 3.63) is 88.1 Å². The second kappa shape index (κ2) is 13.9. The number of carbonyl (C=O) groups is 2. The Morgan fingerprint density at radius 1 is 1.05 bits per heavy atom. The largest absolute Gasteiger partial charge is 0.387 e. The number of hydrogen-bond acceptors (Lipinski definition) is 7. The molecule has 4 rings (SSSR count). The minimum absolute atomic E-state index is 0.0375. The molecule has 0 unspecified atom stereocenters. The highest BCUT2D eigenvalue weighted by Gasteiger charge is 2.22. The van der Waals surface area contributed by atoms with E-state index in [-0.39, 0.29) is 12.3 Å². The predicted octanol–water partition coefficient (Wildman–Crippen LogP) is 6.14. The van der Waals surface area contributed by atoms with Gasteiger partial charge in [-0.15, -0.1) is 0 Å². The maximum absolute atomic E-state index is 13.4. The normalized spacial score (nSPS) is 12.8. The van der Waals surface area contributed by atoms with Crippen LogP contribution in [0.4, 0.5) is 5.69 Å². The van der Waals surface area contributed by atoms with Crippen LogP contribution >= 0.6 is 11.6 Å². The van der Waals surface area contributed by atoms with Crippen molar-refractivity contribution in [2.75, 3.05) is 20.1 Å². The summed E-state index contributed by atoms with van der Waals surface area (Å²) in [6.45, 7) is 6.01. The van der Waals surface area contributed by atoms with Gasteiger partial charge < -0.3 is 15.5 Å². The topological polar surface area (TPSA) is 105 Å². The highest BCUT2D eigenvalue weighted by atomic mass is 35.5. The molecule has 212 valence electrons. The van der Waals surface area contributed by atoms with E-state index >= 15 is 0 Å². The van der Waals surface area contributed by atoms with Crippen molar-refractivity contribution in [3.8, 4) is 11.1 Å². The van der Waals surface area contributed by atoms with Gasteiger partial charge in [0.15, 0.2) is 6.29 Å². The van der Waals surface area contributed by atoms with Gasteiger partial charge in [0, 0.05) is 55.7 Å². The lowest BCUT2D eigenvalue weighted by Gasteiger charge is -2.22. The second-order valence-corrected chi connectivity index (χ2v) is 10.4. The fraction of sp³-hybridized carbons (Fsp3) is 0.281. The number of nitrogens with zero attached hydrogens (tertiary/aromatic N) is 5. The van der Waals surface area contributed by atoms with Gasteiger partial charge in [0.1, 0.15) is 11.7 Å². The third-order valence-corrected chi connectivity index (χ3v) is 6.99. The van der Waals surface area contributed by atoms with Crippen molar-refractivity contribution >= 4 is 47.5 Å². The first-order chi connectivity index (χ1) is 19.8. The lowest BCUT2D eigenvalue weighted by atomic mass is 9.97. The molecule has 3 aromatic rings. The highest BCUT2D eigenvalue weighted by Crippen LogP contribution is 2.38. The van der Waals surface area contributed by atoms with Gasteiger partial charge in [0.05, 0.1) is 17.3 Å². The van der Waals surface area contributed by atoms with E-state index in [0.29, 0.717) is 58.7 Å². The predicted molar refractivity (Wildman–Crippen MR) is 166 cm³/mol. The van der Waals surface area contributed by atoms with Gasteiger partial charge in [-0.3, -0.25) is 9.59 Å². The van der Waals surface area contributed by atoms with Crippen molar-refractivity contribution in [1.82, 2.24) is 19.8 Å². The van der Waals surface area contributed by atoms with Crippen LogP contribution in [0.5, 0.6) is 0 Å². The van der Waals surface area contributed by atoms with Gasteiger partial charge in [-0.1, -0.05) is 37.6 Å². The fourth-order valence-electron chi connectivity index (χ4n) is 4.72. The average Bonchev–Trinajstić information content (AvgIpc) is 3.14. The molecule has 0 bridgehead atoms. The molecular formula is C32H35ClN6O2. The number of aldehydes is 1. The summed E-state index contributed by atoms with van der Waals surface area (Å²) in [6.07, 6.45) is 11.9. The first-order valence-corrected chi connectivity index (χ1v) is 14.1. The average molecular weight is 571 g/mol. The molecule has 2 aromatic carbocycles. The van der Waals surface area contributed by atoms with Crippen LogP contribution in [-0.4, -0.2) is 57.9 Å². The SMILES string of the molecule is CCCN(CCC)C(=O)C1=Cc2c(Cl)cc(-c3ccc(C=O)c(/C=C\N(C)Cc4ncccn4)c3)cc2N=C(N)C1. The molecule has 1 aliphatic heterocycles. The van der Waals surface area contributed by atoms with Crippen molar-refractivity contribution in [2.45, 2.75) is 39.7 Å². The van der Waals surface area contributed by atoms with Gasteiger partial charge in [-0.2, -0.15) is 0 Å². The molecule has 2 heterocycles. The molecule has 0 saturated carbocycles. The fourth-order valence-corrected chi connectivity index (χ4v) is 4.99. The van der Waals surface area contributed by atoms with Crippen LogP contribution in [0.1, 0.15) is 60.4 Å². The van der Waals surface area contributed by atoms with Crippen molar-refractivity contribution in [3.63, 3.8) is 0 Å². The zero-order valence-corrected chi connectivity index (χ0v) is 24.4. The Hall–Kier alpha value is -4.30. The molecule has 2 N–H and O–H groups in total. The Morgan fingerprint density at radius 2 is 1.78 bits per heavy atom. The molecule has 9 heteroatoms. The summed E-state index contributed by atoms with van der Waals surface area (Å²) in [7, 11) is 1.92. The van der Waals surface area contributed by atoms with E-state index in [1.165, 1.54) is 0 Å². The zero-order valence-electron chi connectivity index (χ0n) is 23.7. The van der Waals surface area contributed by atoms with Crippen molar-refractivity contribution in [1.29, 1.82) is 0 Å². The summed E-state index contributed by atoms with van der Waals surface area (Å²) in [4.78, 5) is 42.1. The number of amides is 1. The summed E-state index contributed by atoms with van der Waals surface area (Å²) in [5.41, 5.74) is 11.1. The van der Waals surface area contributed by atoms with Crippen molar-refractivity contribution < 1.29 is 9.59 Å². The van der Waals surface area contributed by atoms with Gasteiger partial charge in [-0.25, -0.2) is 15.0 Å². The van der Waals surface area contributed by atoms with E-state index in [4.69, 9.17) is 17.3 Å². The summed E-state index contributed by atoms with van der Waals surface area (Å²) < 4.78 is 0. The number of aromatic nitrogens is 2. The first-order valence-electron chi connectivity index (χ1n) is 13.7. The van der Waals surface area contributed by atoms with Crippen LogP contribution in [0.15, 0.2) is 65.6 Å². The molecule has 0 fully saturated rings. The summed E-state index contributed by atoms with van der Waals surface area (Å²) in [5, 5.41) is 0.470. The zero-order chi connectivity index (χ0) is 29.4. The van der Waals surface area contributed by atoms with Crippen molar-refractivity contribution in [2.24, 2.45) is 10.7 Å². The third kappa shape index (κ3) is 7.46. The summed E-state index contributed by atoms with van der Waals surface area (Å²) in [5.74, 6) is 1.02. The number of carbonyl (C=O) groups excluding carboxylic acids is 2. The number of halogens is 1. The van der Waals surface area contributed by atoms with Crippen LogP contribution in [0.3, 0.4) is 0 Å². The molecule has 8 nitrogen and oxygen atoms in total. The smallest absolute Gasteiger partial charge is 0.250 e. The molecule has 1 aliphatic rings. The number of fused-ring (bicyclic) bond motifs is 1. The number of amidine groups is 1. The maximum atomic E-state index is 13.4. The Balaban J connectivity index is 1.66. The molecule has 0 spiro atoms. The van der Waals surface area contributed by atoms with Crippen LogP contribution in [0.25, 0.3) is 23.3 Å². The van der Waals surface area contributed by atoms with Crippen LogP contribution in [-0.2, 0) is 11.3 Å². The highest BCUT2D eigenvalue weighted by molar-refractivity contribution is 6.33. The Labute approximate surface area is 246 Å². The summed E-state index contributed by atoms with van der Waals surface area (Å²) in [6, 6.07) is 11.1. The molecule has 41 heavy (non-hydrogen) atoms. The lowest BCUT2D eigenvalue weighted by molar-refractivity contribution is -0.127. The Morgan fingerprint density at radius 3 is 2.46 bits per heavy atom. The van der Waals surface area contributed by atoms with Crippen LogP contribution in [0, 0.1) is 0 Å².